The summed E-state index contributed by atoms with van der Waals surface area (Å²) in [5.41, 5.74) is 0.116. The second-order valence-corrected chi connectivity index (χ2v) is 7.07. The summed E-state index contributed by atoms with van der Waals surface area (Å²) in [6, 6.07) is 0. The molecule has 0 fully saturated rings. The zero-order valence-electron chi connectivity index (χ0n) is 11.6. The summed E-state index contributed by atoms with van der Waals surface area (Å²) in [4.78, 5) is 11.9. The van der Waals surface area contributed by atoms with Gasteiger partial charge in [-0.15, -0.1) is 11.8 Å². The Morgan fingerprint density at radius 2 is 1.75 bits per heavy atom. The molecule has 0 spiro atoms. The number of carbonyl (C=O) groups is 1. The first-order chi connectivity index (χ1) is 7.19. The molecule has 0 unspecified atom stereocenters. The number of hydrogen-bond donors (Lipinski definition) is 0. The third-order valence-corrected chi connectivity index (χ3v) is 3.74. The van der Waals surface area contributed by atoms with E-state index in [1.165, 1.54) is 0 Å². The normalized spacial score (nSPS) is 13.4. The fourth-order valence-corrected chi connectivity index (χ4v) is 2.20. The Morgan fingerprint density at radius 1 is 1.19 bits per heavy atom. The van der Waals surface area contributed by atoms with Gasteiger partial charge in [-0.2, -0.15) is 0 Å². The number of allylic oxidation sites excluding steroid dienone is 1. The van der Waals surface area contributed by atoms with E-state index in [1.807, 2.05) is 19.3 Å². The zero-order valence-corrected chi connectivity index (χ0v) is 12.4. The van der Waals surface area contributed by atoms with Gasteiger partial charge in [-0.05, 0) is 23.3 Å². The molecule has 94 valence electrons. The van der Waals surface area contributed by atoms with Crippen LogP contribution in [0.5, 0.6) is 0 Å². The smallest absolute Gasteiger partial charge is 0.161 e. The molecule has 0 atom stereocenters. The van der Waals surface area contributed by atoms with Crippen molar-refractivity contribution in [3.05, 3.63) is 11.5 Å². The molecule has 0 bridgehead atoms. The number of hydrogen-bond acceptors (Lipinski definition) is 2. The van der Waals surface area contributed by atoms with Crippen LogP contribution in [0, 0.1) is 10.8 Å². The molecule has 0 aliphatic rings. The Kier molecular flexibility index (Phi) is 6.39. The van der Waals surface area contributed by atoms with E-state index in [-0.39, 0.29) is 11.2 Å². The first-order valence-corrected chi connectivity index (χ1v) is 7.06. The Morgan fingerprint density at radius 3 is 2.19 bits per heavy atom. The van der Waals surface area contributed by atoms with E-state index in [0.29, 0.717) is 5.41 Å². The molecule has 0 radical (unpaired) electrons. The molecule has 0 amide bonds. The predicted molar refractivity (Wildman–Crippen MR) is 74.7 cm³/mol. The topological polar surface area (TPSA) is 17.1 Å². The Bertz CT molecular complexity index is 246. The highest BCUT2D eigenvalue weighted by atomic mass is 32.2. The van der Waals surface area contributed by atoms with Gasteiger partial charge in [0.15, 0.2) is 5.78 Å². The van der Waals surface area contributed by atoms with E-state index in [1.54, 1.807) is 17.8 Å². The molecule has 0 saturated carbocycles. The SMILES string of the molecule is CCCC(C)(C)C(=O)/C=C/SCC(C)(C)C. The van der Waals surface area contributed by atoms with Gasteiger partial charge in [0.2, 0.25) is 0 Å². The van der Waals surface area contributed by atoms with Crippen LogP contribution >= 0.6 is 11.8 Å². The molecule has 0 N–H and O–H groups in total. The van der Waals surface area contributed by atoms with Crippen molar-refractivity contribution in [3.63, 3.8) is 0 Å². The van der Waals surface area contributed by atoms with E-state index >= 15 is 0 Å². The molecule has 16 heavy (non-hydrogen) atoms. The van der Waals surface area contributed by atoms with Crippen LogP contribution in [-0.2, 0) is 4.79 Å². The second-order valence-electron chi connectivity index (χ2n) is 6.17. The van der Waals surface area contributed by atoms with Crippen molar-refractivity contribution in [2.24, 2.45) is 10.8 Å². The lowest BCUT2D eigenvalue weighted by Crippen LogP contribution is -2.21. The summed E-state index contributed by atoms with van der Waals surface area (Å²) in [5, 5.41) is 1.95. The Hall–Kier alpha value is -0.240. The third kappa shape index (κ3) is 7.10. The lowest BCUT2D eigenvalue weighted by molar-refractivity contribution is -0.122. The monoisotopic (exact) mass is 242 g/mol. The van der Waals surface area contributed by atoms with Crippen LogP contribution < -0.4 is 0 Å². The first-order valence-electron chi connectivity index (χ1n) is 6.01. The van der Waals surface area contributed by atoms with Crippen molar-refractivity contribution < 1.29 is 4.79 Å². The minimum absolute atomic E-state index is 0.201. The summed E-state index contributed by atoms with van der Waals surface area (Å²) in [6.45, 7) is 12.8. The second kappa shape index (κ2) is 6.48. The van der Waals surface area contributed by atoms with Crippen LogP contribution in [0.15, 0.2) is 11.5 Å². The summed E-state index contributed by atoms with van der Waals surface area (Å²) in [5.74, 6) is 1.29. The fourth-order valence-electron chi connectivity index (χ4n) is 1.38. The lowest BCUT2D eigenvalue weighted by atomic mass is 9.83. The molecule has 1 nitrogen and oxygen atoms in total. The number of carbonyl (C=O) groups excluding carboxylic acids is 1. The molecule has 2 heteroatoms. The molecular formula is C14H26OS. The number of ketones is 1. The standard InChI is InChI=1S/C14H26OS/c1-7-9-14(5,6)12(15)8-10-16-11-13(2,3)4/h8,10H,7,9,11H2,1-6H3/b10-8+. The van der Waals surface area contributed by atoms with E-state index in [2.05, 4.69) is 27.7 Å². The van der Waals surface area contributed by atoms with E-state index in [4.69, 9.17) is 0 Å². The van der Waals surface area contributed by atoms with Crippen LogP contribution in [0.3, 0.4) is 0 Å². The quantitative estimate of drug-likeness (QED) is 0.629. The van der Waals surface area contributed by atoms with Crippen LogP contribution in [0.1, 0.15) is 54.4 Å². The largest absolute Gasteiger partial charge is 0.294 e. The van der Waals surface area contributed by atoms with Gasteiger partial charge in [0.05, 0.1) is 0 Å². The van der Waals surface area contributed by atoms with Gasteiger partial charge in [0.25, 0.3) is 0 Å². The highest BCUT2D eigenvalue weighted by Gasteiger charge is 2.23. The van der Waals surface area contributed by atoms with Gasteiger partial charge in [0, 0.05) is 11.2 Å². The van der Waals surface area contributed by atoms with E-state index < -0.39 is 0 Å². The minimum atomic E-state index is -0.201. The zero-order chi connectivity index (χ0) is 12.8. The summed E-state index contributed by atoms with van der Waals surface area (Å²) >= 11 is 1.72. The molecule has 0 heterocycles. The molecule has 0 aliphatic heterocycles. The number of rotatable bonds is 6. The minimum Gasteiger partial charge on any atom is -0.294 e. The molecule has 0 aliphatic carbocycles. The van der Waals surface area contributed by atoms with Crippen molar-refractivity contribution >= 4 is 17.5 Å². The highest BCUT2D eigenvalue weighted by molar-refractivity contribution is 8.02. The lowest BCUT2D eigenvalue weighted by Gasteiger charge is -2.20. The first kappa shape index (κ1) is 15.8. The Labute approximate surface area is 105 Å². The van der Waals surface area contributed by atoms with E-state index in [9.17, 15) is 4.79 Å². The van der Waals surface area contributed by atoms with Crippen LogP contribution in [0.25, 0.3) is 0 Å². The average Bonchev–Trinajstić information content (AvgIpc) is 2.10. The van der Waals surface area contributed by atoms with Crippen LogP contribution in [0.2, 0.25) is 0 Å². The van der Waals surface area contributed by atoms with Crippen LogP contribution in [-0.4, -0.2) is 11.5 Å². The van der Waals surface area contributed by atoms with E-state index in [0.717, 1.165) is 18.6 Å². The maximum Gasteiger partial charge on any atom is 0.161 e. The van der Waals surface area contributed by atoms with Gasteiger partial charge < -0.3 is 0 Å². The highest BCUT2D eigenvalue weighted by Crippen LogP contribution is 2.25. The Balaban J connectivity index is 4.10. The van der Waals surface area contributed by atoms with Crippen molar-refractivity contribution in [1.29, 1.82) is 0 Å². The van der Waals surface area contributed by atoms with Crippen molar-refractivity contribution in [2.45, 2.75) is 54.4 Å². The molecule has 0 saturated heterocycles. The summed E-state index contributed by atoms with van der Waals surface area (Å²) in [7, 11) is 0. The van der Waals surface area contributed by atoms with Crippen LogP contribution in [0.4, 0.5) is 0 Å². The average molecular weight is 242 g/mol. The van der Waals surface area contributed by atoms with Crippen molar-refractivity contribution in [3.8, 4) is 0 Å². The number of thioether (sulfide) groups is 1. The molecule has 0 aromatic heterocycles. The van der Waals surface area contributed by atoms with Gasteiger partial charge in [-0.25, -0.2) is 0 Å². The van der Waals surface area contributed by atoms with Crippen molar-refractivity contribution in [2.75, 3.05) is 5.75 Å². The molecular weight excluding hydrogens is 216 g/mol. The predicted octanol–water partition coefficient (Wildman–Crippen LogP) is 4.67. The summed E-state index contributed by atoms with van der Waals surface area (Å²) < 4.78 is 0. The molecule has 0 aromatic rings. The fraction of sp³-hybridized carbons (Fsp3) is 0.786. The van der Waals surface area contributed by atoms with Crippen molar-refractivity contribution in [1.82, 2.24) is 0 Å². The van der Waals surface area contributed by atoms with Gasteiger partial charge in [-0.1, -0.05) is 48.0 Å². The molecule has 0 rings (SSSR count). The summed E-state index contributed by atoms with van der Waals surface area (Å²) in [6.07, 6.45) is 3.76. The third-order valence-electron chi connectivity index (χ3n) is 2.37. The maximum atomic E-state index is 11.9. The van der Waals surface area contributed by atoms with Gasteiger partial charge in [-0.3, -0.25) is 4.79 Å². The maximum absolute atomic E-state index is 11.9. The molecule has 0 aromatic carbocycles. The van der Waals surface area contributed by atoms with Gasteiger partial charge >= 0.3 is 0 Å². The van der Waals surface area contributed by atoms with Gasteiger partial charge in [0.1, 0.15) is 0 Å².